The third kappa shape index (κ3) is 3.18. The first-order valence-electron chi connectivity index (χ1n) is 6.38. The average Bonchev–Trinajstić information content (AvgIpc) is 2.93. The zero-order valence-electron chi connectivity index (χ0n) is 12.1. The number of nitrogens with zero attached hydrogens (tertiary/aromatic N) is 2. The van der Waals surface area contributed by atoms with Crippen molar-refractivity contribution in [3.05, 3.63) is 64.6 Å². The second kappa shape index (κ2) is 6.92. The predicted octanol–water partition coefficient (Wildman–Crippen LogP) is 4.58. The van der Waals surface area contributed by atoms with Crippen LogP contribution in [0.4, 0.5) is 0 Å². The number of nitrogens with one attached hydrogen (secondary N) is 1. The second-order valence-electron chi connectivity index (χ2n) is 4.46. The van der Waals surface area contributed by atoms with Crippen LogP contribution in [0.3, 0.4) is 0 Å². The Morgan fingerprint density at radius 2 is 2.27 bits per heavy atom. The van der Waals surface area contributed by atoms with Gasteiger partial charge in [0.25, 0.3) is 0 Å². The van der Waals surface area contributed by atoms with Gasteiger partial charge < -0.3 is 9.72 Å². The Bertz CT molecular complexity index is 837. The van der Waals surface area contributed by atoms with E-state index in [2.05, 4.69) is 45.3 Å². The van der Waals surface area contributed by atoms with Crippen LogP contribution in [0.15, 0.2) is 64.0 Å². The Balaban J connectivity index is 2.59. The molecule has 0 saturated carbocycles. The molecule has 22 heavy (non-hydrogen) atoms. The topological polar surface area (TPSA) is 61.2 Å². The first-order chi connectivity index (χ1) is 10.6. The molecule has 2 aromatic rings. The molecule has 1 heterocycles. The average molecular weight is 356 g/mol. The largest absolute Gasteiger partial charge is 0.497 e. The van der Waals surface area contributed by atoms with Crippen LogP contribution in [-0.4, -0.2) is 18.8 Å². The van der Waals surface area contributed by atoms with E-state index in [-0.39, 0.29) is 0 Å². The monoisotopic (exact) mass is 355 g/mol. The lowest BCUT2D eigenvalue weighted by molar-refractivity contribution is 0.304. The molecule has 0 bridgehead atoms. The molecule has 0 aliphatic carbocycles. The lowest BCUT2D eigenvalue weighted by Crippen LogP contribution is -1.90. The SMILES string of the molecule is C=N/C=C(/C=C(/C#N)c1c[nH]c2ccc(Br)cc12)C(=C)OC. The minimum absolute atomic E-state index is 0.418. The highest BCUT2D eigenvalue weighted by molar-refractivity contribution is 9.10. The molecule has 0 amide bonds. The van der Waals surface area contributed by atoms with Gasteiger partial charge in [-0.1, -0.05) is 22.5 Å². The number of aromatic nitrogens is 1. The van der Waals surface area contributed by atoms with Gasteiger partial charge in [0.2, 0.25) is 0 Å². The summed E-state index contributed by atoms with van der Waals surface area (Å²) in [6, 6.07) is 8.07. The maximum absolute atomic E-state index is 9.51. The molecule has 0 atom stereocenters. The first-order valence-corrected chi connectivity index (χ1v) is 7.18. The molecule has 1 aromatic carbocycles. The van der Waals surface area contributed by atoms with Crippen LogP contribution >= 0.6 is 15.9 Å². The third-order valence-corrected chi connectivity index (χ3v) is 3.65. The van der Waals surface area contributed by atoms with E-state index in [9.17, 15) is 5.26 Å². The molecular formula is C17H14BrN3O. The van der Waals surface area contributed by atoms with Crippen LogP contribution in [0.5, 0.6) is 0 Å². The van der Waals surface area contributed by atoms with Gasteiger partial charge >= 0.3 is 0 Å². The van der Waals surface area contributed by atoms with E-state index in [0.717, 1.165) is 20.9 Å². The molecule has 4 nitrogen and oxygen atoms in total. The normalized spacial score (nSPS) is 12.0. The molecule has 2 rings (SSSR count). The summed E-state index contributed by atoms with van der Waals surface area (Å²) in [4.78, 5) is 6.88. The fourth-order valence-electron chi connectivity index (χ4n) is 2.05. The molecule has 1 aromatic heterocycles. The van der Waals surface area contributed by atoms with Crippen molar-refractivity contribution in [2.45, 2.75) is 0 Å². The number of hydrogen-bond acceptors (Lipinski definition) is 3. The van der Waals surface area contributed by atoms with Crippen molar-refractivity contribution in [3.8, 4) is 6.07 Å². The smallest absolute Gasteiger partial charge is 0.120 e. The lowest BCUT2D eigenvalue weighted by atomic mass is 10.0. The lowest BCUT2D eigenvalue weighted by Gasteiger charge is -2.05. The van der Waals surface area contributed by atoms with Crippen LogP contribution in [-0.2, 0) is 4.74 Å². The van der Waals surface area contributed by atoms with Crippen molar-refractivity contribution in [2.24, 2.45) is 4.99 Å². The number of nitriles is 1. The van der Waals surface area contributed by atoms with Crippen LogP contribution < -0.4 is 0 Å². The Labute approximate surface area is 137 Å². The summed E-state index contributed by atoms with van der Waals surface area (Å²) in [7, 11) is 1.52. The summed E-state index contributed by atoms with van der Waals surface area (Å²) in [5.74, 6) is 0.418. The first kappa shape index (κ1) is 15.8. The number of fused-ring (bicyclic) bond motifs is 1. The van der Waals surface area contributed by atoms with Crippen LogP contribution in [0.25, 0.3) is 16.5 Å². The molecule has 0 unspecified atom stereocenters. The zero-order valence-corrected chi connectivity index (χ0v) is 13.6. The van der Waals surface area contributed by atoms with Gasteiger partial charge in [-0.25, -0.2) is 0 Å². The van der Waals surface area contributed by atoms with Crippen molar-refractivity contribution >= 4 is 39.1 Å². The number of methoxy groups -OCH3 is 1. The summed E-state index contributed by atoms with van der Waals surface area (Å²) >= 11 is 3.45. The van der Waals surface area contributed by atoms with Crippen molar-refractivity contribution in [1.29, 1.82) is 5.26 Å². The number of aliphatic imine (C=N–C) groups is 1. The van der Waals surface area contributed by atoms with Crippen LogP contribution in [0.2, 0.25) is 0 Å². The van der Waals surface area contributed by atoms with E-state index in [1.54, 1.807) is 12.3 Å². The summed E-state index contributed by atoms with van der Waals surface area (Å²) in [6.07, 6.45) is 5.00. The maximum atomic E-state index is 9.51. The van der Waals surface area contributed by atoms with E-state index in [1.165, 1.54) is 13.3 Å². The van der Waals surface area contributed by atoms with Crippen molar-refractivity contribution in [3.63, 3.8) is 0 Å². The number of benzene rings is 1. The van der Waals surface area contributed by atoms with E-state index in [1.807, 2.05) is 18.2 Å². The van der Waals surface area contributed by atoms with Gasteiger partial charge in [-0.15, -0.1) is 0 Å². The standard InChI is InChI=1S/C17H14BrN3O/c1-11(22-3)13(9-20-2)6-12(8-19)16-10-21-17-5-4-14(18)7-15(16)17/h4-7,9-10,21H,1-2H2,3H3/b12-6-,13-9-. The van der Waals surface area contributed by atoms with E-state index in [4.69, 9.17) is 4.74 Å². The number of aromatic amines is 1. The van der Waals surface area contributed by atoms with Crippen LogP contribution in [0.1, 0.15) is 5.56 Å². The number of hydrogen-bond donors (Lipinski definition) is 1. The summed E-state index contributed by atoms with van der Waals surface area (Å²) < 4.78 is 6.06. The number of allylic oxidation sites excluding steroid dienone is 2. The Morgan fingerprint density at radius 1 is 1.50 bits per heavy atom. The van der Waals surface area contributed by atoms with Gasteiger partial charge in [-0.2, -0.15) is 5.26 Å². The van der Waals surface area contributed by atoms with Crippen LogP contribution in [0, 0.1) is 11.3 Å². The Morgan fingerprint density at radius 3 is 2.91 bits per heavy atom. The highest BCUT2D eigenvalue weighted by Crippen LogP contribution is 2.29. The van der Waals surface area contributed by atoms with Crippen molar-refractivity contribution in [1.82, 2.24) is 4.98 Å². The molecule has 0 fully saturated rings. The summed E-state index contributed by atoms with van der Waals surface area (Å²) in [6.45, 7) is 7.22. The molecule has 110 valence electrons. The van der Waals surface area contributed by atoms with Gasteiger partial charge in [0.05, 0.1) is 18.8 Å². The minimum atomic E-state index is 0.418. The molecule has 0 aliphatic heterocycles. The molecule has 0 radical (unpaired) electrons. The minimum Gasteiger partial charge on any atom is -0.497 e. The van der Waals surface area contributed by atoms with Crippen molar-refractivity contribution < 1.29 is 4.74 Å². The molecule has 1 N–H and O–H groups in total. The zero-order chi connectivity index (χ0) is 16.1. The van der Waals surface area contributed by atoms with Gasteiger partial charge in [-0.3, -0.25) is 4.99 Å². The van der Waals surface area contributed by atoms with E-state index < -0.39 is 0 Å². The molecule has 0 spiro atoms. The Kier molecular flexibility index (Phi) is 4.97. The fraction of sp³-hybridized carbons (Fsp3) is 0.0588. The van der Waals surface area contributed by atoms with Gasteiger partial charge in [-0.05, 0) is 31.0 Å². The fourth-order valence-corrected chi connectivity index (χ4v) is 2.41. The van der Waals surface area contributed by atoms with Gasteiger partial charge in [0, 0.05) is 38.9 Å². The third-order valence-electron chi connectivity index (χ3n) is 3.15. The Hall–Kier alpha value is -2.58. The predicted molar refractivity (Wildman–Crippen MR) is 93.4 cm³/mol. The van der Waals surface area contributed by atoms with E-state index >= 15 is 0 Å². The number of ether oxygens (including phenoxy) is 1. The highest BCUT2D eigenvalue weighted by atomic mass is 79.9. The molecule has 0 aliphatic rings. The second-order valence-corrected chi connectivity index (χ2v) is 5.37. The van der Waals surface area contributed by atoms with E-state index in [0.29, 0.717) is 16.9 Å². The highest BCUT2D eigenvalue weighted by Gasteiger charge is 2.11. The molecule has 5 heteroatoms. The molecular weight excluding hydrogens is 342 g/mol. The summed E-state index contributed by atoms with van der Waals surface area (Å²) in [5.41, 5.74) is 2.84. The van der Waals surface area contributed by atoms with Gasteiger partial charge in [0.1, 0.15) is 5.76 Å². The summed E-state index contributed by atoms with van der Waals surface area (Å²) in [5, 5.41) is 10.5. The number of halogens is 1. The number of rotatable bonds is 5. The van der Waals surface area contributed by atoms with Crippen molar-refractivity contribution in [2.75, 3.05) is 7.11 Å². The quantitative estimate of drug-likeness (QED) is 0.369. The number of H-pyrrole nitrogens is 1. The van der Waals surface area contributed by atoms with Gasteiger partial charge in [0.15, 0.2) is 0 Å². The molecule has 0 saturated heterocycles. The maximum Gasteiger partial charge on any atom is 0.120 e.